The van der Waals surface area contributed by atoms with Crippen molar-refractivity contribution in [2.24, 2.45) is 0 Å². The van der Waals surface area contributed by atoms with E-state index in [1.54, 1.807) is 41.9 Å². The lowest BCUT2D eigenvalue weighted by Gasteiger charge is -2.10. The van der Waals surface area contributed by atoms with Crippen LogP contribution in [0.15, 0.2) is 48.8 Å². The van der Waals surface area contributed by atoms with Gasteiger partial charge in [0, 0.05) is 17.6 Å². The molecule has 0 spiro atoms. The van der Waals surface area contributed by atoms with E-state index in [9.17, 15) is 9.59 Å². The fraction of sp³-hybridized carbons (Fsp3) is 0.286. The second-order valence-corrected chi connectivity index (χ2v) is 6.33. The van der Waals surface area contributed by atoms with Crippen LogP contribution in [0.5, 0.6) is 5.75 Å². The third-order valence-electron chi connectivity index (χ3n) is 4.15. The SMILES string of the molecule is CCCCOc1ccc(NC(=O)Nc2ccn3ncc(C(=O)OCC)c3c2)cc1. The minimum absolute atomic E-state index is 0.277. The average molecular weight is 396 g/mol. The molecule has 0 atom stereocenters. The van der Waals surface area contributed by atoms with E-state index in [0.29, 0.717) is 29.1 Å². The molecule has 8 heteroatoms. The van der Waals surface area contributed by atoms with Gasteiger partial charge in [0.2, 0.25) is 0 Å². The monoisotopic (exact) mass is 396 g/mol. The molecule has 0 bridgehead atoms. The lowest BCUT2D eigenvalue weighted by Crippen LogP contribution is -2.19. The Hall–Kier alpha value is -3.55. The van der Waals surface area contributed by atoms with Crippen LogP contribution >= 0.6 is 0 Å². The van der Waals surface area contributed by atoms with Crippen LogP contribution in [0.2, 0.25) is 0 Å². The molecule has 0 unspecified atom stereocenters. The number of aromatic nitrogens is 2. The molecule has 0 radical (unpaired) electrons. The summed E-state index contributed by atoms with van der Waals surface area (Å²) < 4.78 is 12.2. The number of unbranched alkanes of at least 4 members (excludes halogenated alkanes) is 1. The van der Waals surface area contributed by atoms with Crippen molar-refractivity contribution in [1.82, 2.24) is 9.61 Å². The van der Waals surface area contributed by atoms with Crippen LogP contribution in [-0.4, -0.2) is 34.8 Å². The highest BCUT2D eigenvalue weighted by Gasteiger charge is 2.14. The topological polar surface area (TPSA) is 94.0 Å². The van der Waals surface area contributed by atoms with Gasteiger partial charge in [-0.05, 0) is 49.7 Å². The largest absolute Gasteiger partial charge is 0.494 e. The zero-order valence-electron chi connectivity index (χ0n) is 16.5. The van der Waals surface area contributed by atoms with E-state index in [4.69, 9.17) is 9.47 Å². The van der Waals surface area contributed by atoms with Crippen molar-refractivity contribution >= 4 is 28.9 Å². The van der Waals surface area contributed by atoms with Crippen molar-refractivity contribution < 1.29 is 19.1 Å². The molecule has 0 aliphatic carbocycles. The number of hydrogen-bond acceptors (Lipinski definition) is 5. The number of hydrogen-bond donors (Lipinski definition) is 2. The summed E-state index contributed by atoms with van der Waals surface area (Å²) in [5.74, 6) is 0.312. The molecule has 2 heterocycles. The minimum atomic E-state index is -0.453. The number of benzene rings is 1. The molecule has 3 aromatic rings. The summed E-state index contributed by atoms with van der Waals surface area (Å²) in [6, 6.07) is 10.2. The lowest BCUT2D eigenvalue weighted by molar-refractivity contribution is 0.0528. The maximum absolute atomic E-state index is 12.3. The number of carbonyl (C=O) groups is 2. The number of amides is 2. The number of carbonyl (C=O) groups excluding carboxylic acids is 2. The molecule has 29 heavy (non-hydrogen) atoms. The molecule has 152 valence electrons. The first kappa shape index (κ1) is 20.2. The summed E-state index contributed by atoms with van der Waals surface area (Å²) in [5.41, 5.74) is 2.06. The van der Waals surface area contributed by atoms with Crippen LogP contribution in [0.4, 0.5) is 16.2 Å². The van der Waals surface area contributed by atoms with Crippen LogP contribution in [0.3, 0.4) is 0 Å². The standard InChI is InChI=1S/C21H24N4O4/c1-3-5-12-29-17-8-6-15(7-9-17)23-21(27)24-16-10-11-25-19(13-16)18(14-22-25)20(26)28-4-2/h6-11,13-14H,3-5,12H2,1-2H3,(H2,23,24,27). The molecular formula is C21H24N4O4. The van der Waals surface area contributed by atoms with Gasteiger partial charge in [-0.2, -0.15) is 5.10 Å². The molecule has 0 saturated heterocycles. The van der Waals surface area contributed by atoms with Crippen LogP contribution in [0, 0.1) is 0 Å². The quantitative estimate of drug-likeness (QED) is 0.436. The number of nitrogens with one attached hydrogen (secondary N) is 2. The molecule has 0 saturated carbocycles. The Bertz CT molecular complexity index is 982. The van der Waals surface area contributed by atoms with E-state index in [-0.39, 0.29) is 6.61 Å². The Balaban J connectivity index is 1.63. The molecule has 3 rings (SSSR count). The van der Waals surface area contributed by atoms with Gasteiger partial charge in [0.05, 0.1) is 24.9 Å². The molecule has 2 amide bonds. The fourth-order valence-electron chi connectivity index (χ4n) is 2.69. The zero-order valence-corrected chi connectivity index (χ0v) is 16.5. The minimum Gasteiger partial charge on any atom is -0.494 e. The summed E-state index contributed by atoms with van der Waals surface area (Å²) >= 11 is 0. The van der Waals surface area contributed by atoms with Crippen LogP contribution in [0.25, 0.3) is 5.52 Å². The number of rotatable bonds is 8. The molecule has 2 N–H and O–H groups in total. The maximum atomic E-state index is 12.3. The highest BCUT2D eigenvalue weighted by atomic mass is 16.5. The van der Waals surface area contributed by atoms with Crippen LogP contribution in [0.1, 0.15) is 37.0 Å². The smallest absolute Gasteiger partial charge is 0.341 e. The van der Waals surface area contributed by atoms with Gasteiger partial charge >= 0.3 is 12.0 Å². The van der Waals surface area contributed by atoms with E-state index in [1.807, 2.05) is 12.1 Å². The van der Waals surface area contributed by atoms with E-state index in [0.717, 1.165) is 18.6 Å². The number of urea groups is 1. The summed E-state index contributed by atoms with van der Waals surface area (Å²) in [6.07, 6.45) is 5.19. The van der Waals surface area contributed by atoms with E-state index in [2.05, 4.69) is 22.7 Å². The second kappa shape index (κ2) is 9.59. The Morgan fingerprint density at radius 2 is 1.83 bits per heavy atom. The number of anilines is 2. The molecular weight excluding hydrogens is 372 g/mol. The Kier molecular flexibility index (Phi) is 6.67. The molecule has 0 aliphatic heterocycles. The normalized spacial score (nSPS) is 10.6. The van der Waals surface area contributed by atoms with Crippen molar-refractivity contribution in [2.45, 2.75) is 26.7 Å². The van der Waals surface area contributed by atoms with Gasteiger partial charge in [0.25, 0.3) is 0 Å². The number of pyridine rings is 1. The van der Waals surface area contributed by atoms with Crippen molar-refractivity contribution in [1.29, 1.82) is 0 Å². The van der Waals surface area contributed by atoms with Gasteiger partial charge in [-0.25, -0.2) is 14.1 Å². The Morgan fingerprint density at radius 3 is 2.55 bits per heavy atom. The zero-order chi connectivity index (χ0) is 20.6. The second-order valence-electron chi connectivity index (χ2n) is 6.33. The molecule has 0 aliphatic rings. The molecule has 1 aromatic carbocycles. The first-order chi connectivity index (χ1) is 14.1. The summed E-state index contributed by atoms with van der Waals surface area (Å²) in [7, 11) is 0. The maximum Gasteiger partial charge on any atom is 0.341 e. The highest BCUT2D eigenvalue weighted by molar-refractivity contribution is 6.01. The highest BCUT2D eigenvalue weighted by Crippen LogP contribution is 2.19. The van der Waals surface area contributed by atoms with Gasteiger partial charge in [-0.15, -0.1) is 0 Å². The van der Waals surface area contributed by atoms with E-state index in [1.165, 1.54) is 6.20 Å². The summed E-state index contributed by atoms with van der Waals surface area (Å²) in [6.45, 7) is 4.80. The van der Waals surface area contributed by atoms with Gasteiger partial charge in [0.1, 0.15) is 11.3 Å². The predicted molar refractivity (Wildman–Crippen MR) is 111 cm³/mol. The lowest BCUT2D eigenvalue weighted by atomic mass is 10.2. The number of esters is 1. The summed E-state index contributed by atoms with van der Waals surface area (Å²) in [4.78, 5) is 24.3. The average Bonchev–Trinajstić information content (AvgIpc) is 3.13. The Labute approximate surface area is 168 Å². The first-order valence-corrected chi connectivity index (χ1v) is 9.56. The van der Waals surface area contributed by atoms with Crippen molar-refractivity contribution in [3.05, 3.63) is 54.4 Å². The van der Waals surface area contributed by atoms with Crippen LogP contribution < -0.4 is 15.4 Å². The van der Waals surface area contributed by atoms with Crippen molar-refractivity contribution in [3.63, 3.8) is 0 Å². The van der Waals surface area contributed by atoms with E-state index >= 15 is 0 Å². The molecule has 0 fully saturated rings. The first-order valence-electron chi connectivity index (χ1n) is 9.56. The van der Waals surface area contributed by atoms with Gasteiger partial charge < -0.3 is 20.1 Å². The molecule has 8 nitrogen and oxygen atoms in total. The number of ether oxygens (including phenoxy) is 2. The third kappa shape index (κ3) is 5.25. The van der Waals surface area contributed by atoms with Crippen molar-refractivity contribution in [3.8, 4) is 5.75 Å². The summed E-state index contributed by atoms with van der Waals surface area (Å²) in [5, 5.41) is 9.64. The Morgan fingerprint density at radius 1 is 1.07 bits per heavy atom. The van der Waals surface area contributed by atoms with Gasteiger partial charge in [-0.1, -0.05) is 13.3 Å². The van der Waals surface area contributed by atoms with Crippen LogP contribution in [-0.2, 0) is 4.74 Å². The predicted octanol–water partition coefficient (Wildman–Crippen LogP) is 4.33. The van der Waals surface area contributed by atoms with Crippen molar-refractivity contribution in [2.75, 3.05) is 23.8 Å². The van der Waals surface area contributed by atoms with E-state index < -0.39 is 12.0 Å². The molecule has 2 aromatic heterocycles. The van der Waals surface area contributed by atoms with Gasteiger partial charge in [-0.3, -0.25) is 0 Å². The van der Waals surface area contributed by atoms with Gasteiger partial charge in [0.15, 0.2) is 0 Å². The number of fused-ring (bicyclic) bond motifs is 1. The fourth-order valence-corrected chi connectivity index (χ4v) is 2.69. The number of nitrogens with zero attached hydrogens (tertiary/aromatic N) is 2. The third-order valence-corrected chi connectivity index (χ3v) is 4.15.